The first kappa shape index (κ1) is 27.2. The third kappa shape index (κ3) is 7.78. The van der Waals surface area contributed by atoms with E-state index in [0.29, 0.717) is 27.9 Å². The lowest BCUT2D eigenvalue weighted by Gasteiger charge is -2.07. The normalized spacial score (nSPS) is 10.8. The van der Waals surface area contributed by atoms with Gasteiger partial charge in [0.05, 0.1) is 48.3 Å². The molecule has 4 N–H and O–H groups in total. The Balaban J connectivity index is 0.000000206. The molecule has 0 aliphatic rings. The number of hydrogen-bond acceptors (Lipinski definition) is 8. The molecule has 0 amide bonds. The molecule has 0 heterocycles. The number of hydrogen-bond donors (Lipinski definition) is 2. The molecule has 0 radical (unpaired) electrons. The molecule has 4 aromatic rings. The maximum absolute atomic E-state index is 5.81. The van der Waals surface area contributed by atoms with Gasteiger partial charge in [0.25, 0.3) is 0 Å². The topological polar surface area (TPSA) is 120 Å². The van der Waals surface area contributed by atoms with Gasteiger partial charge in [0.2, 0.25) is 0 Å². The smallest absolute Gasteiger partial charge is 0.143 e. The molecular weight excluding hydrogens is 488 g/mol. The van der Waals surface area contributed by atoms with Crippen LogP contribution in [0.25, 0.3) is 0 Å². The predicted octanol–water partition coefficient (Wildman–Crippen LogP) is 8.66. The summed E-state index contributed by atoms with van der Waals surface area (Å²) in [6, 6.07) is 23.9. The third-order valence-electron chi connectivity index (χ3n) is 5.23. The zero-order valence-electron chi connectivity index (χ0n) is 21.1. The van der Waals surface area contributed by atoms with Crippen LogP contribution in [0.5, 0.6) is 11.5 Å². The summed E-state index contributed by atoms with van der Waals surface area (Å²) in [5.74, 6) is 1.21. The van der Waals surface area contributed by atoms with Gasteiger partial charge in [-0.05, 0) is 73.5 Å². The second-order valence-electron chi connectivity index (χ2n) is 7.97. The van der Waals surface area contributed by atoms with Crippen molar-refractivity contribution in [1.82, 2.24) is 0 Å². The molecule has 0 aliphatic carbocycles. The van der Waals surface area contributed by atoms with Crippen molar-refractivity contribution in [2.24, 2.45) is 20.5 Å². The van der Waals surface area contributed by atoms with E-state index in [0.717, 1.165) is 33.9 Å². The van der Waals surface area contributed by atoms with Crippen LogP contribution < -0.4 is 20.9 Å². The average Bonchev–Trinajstić information content (AvgIpc) is 2.90. The maximum atomic E-state index is 5.81. The van der Waals surface area contributed by atoms with Gasteiger partial charge in [-0.15, -0.1) is 0 Å². The SMILES string of the molecule is COc1cc(/N=N/c2ccc(Cl)cc2)c(C)cc1N.COc1cc(/N=N/c2ccccc2)c(C)cc1N. The van der Waals surface area contributed by atoms with E-state index >= 15 is 0 Å². The molecule has 0 aliphatic heterocycles. The number of rotatable bonds is 6. The Kier molecular flexibility index (Phi) is 9.57. The maximum Gasteiger partial charge on any atom is 0.143 e. The molecule has 0 atom stereocenters. The third-order valence-corrected chi connectivity index (χ3v) is 5.48. The van der Waals surface area contributed by atoms with E-state index in [-0.39, 0.29) is 0 Å². The van der Waals surface area contributed by atoms with E-state index < -0.39 is 0 Å². The fourth-order valence-corrected chi connectivity index (χ4v) is 3.32. The molecule has 8 nitrogen and oxygen atoms in total. The van der Waals surface area contributed by atoms with Crippen molar-refractivity contribution in [2.45, 2.75) is 13.8 Å². The van der Waals surface area contributed by atoms with Gasteiger partial charge < -0.3 is 20.9 Å². The van der Waals surface area contributed by atoms with Gasteiger partial charge in [0, 0.05) is 17.2 Å². The molecule has 4 aromatic carbocycles. The largest absolute Gasteiger partial charge is 0.495 e. The first-order valence-corrected chi connectivity index (χ1v) is 11.7. The molecule has 0 fully saturated rings. The molecule has 4 rings (SSSR count). The second kappa shape index (κ2) is 13.0. The highest BCUT2D eigenvalue weighted by Gasteiger charge is 2.06. The number of nitrogens with zero attached hydrogens (tertiary/aromatic N) is 4. The Labute approximate surface area is 221 Å². The van der Waals surface area contributed by atoms with Gasteiger partial charge in [-0.1, -0.05) is 29.8 Å². The van der Waals surface area contributed by atoms with Crippen LogP contribution in [0.4, 0.5) is 34.1 Å². The van der Waals surface area contributed by atoms with Gasteiger partial charge in [0.1, 0.15) is 11.5 Å². The number of nitrogens with two attached hydrogens (primary N) is 2. The van der Waals surface area contributed by atoms with Crippen LogP contribution in [0.2, 0.25) is 5.02 Å². The van der Waals surface area contributed by atoms with E-state index in [1.807, 2.05) is 56.3 Å². The van der Waals surface area contributed by atoms with E-state index in [4.69, 9.17) is 32.5 Å². The highest BCUT2D eigenvalue weighted by Crippen LogP contribution is 2.33. The highest BCUT2D eigenvalue weighted by atomic mass is 35.5. The fourth-order valence-electron chi connectivity index (χ4n) is 3.19. The molecule has 37 heavy (non-hydrogen) atoms. The van der Waals surface area contributed by atoms with E-state index in [2.05, 4.69) is 20.5 Å². The highest BCUT2D eigenvalue weighted by molar-refractivity contribution is 6.30. The van der Waals surface area contributed by atoms with Crippen LogP contribution in [-0.4, -0.2) is 14.2 Å². The van der Waals surface area contributed by atoms with Crippen LogP contribution in [0, 0.1) is 13.8 Å². The summed E-state index contributed by atoms with van der Waals surface area (Å²) in [4.78, 5) is 0. The first-order valence-electron chi connectivity index (χ1n) is 11.3. The van der Waals surface area contributed by atoms with Gasteiger partial charge in [0.15, 0.2) is 0 Å². The van der Waals surface area contributed by atoms with Crippen molar-refractivity contribution < 1.29 is 9.47 Å². The first-order chi connectivity index (χ1) is 17.8. The van der Waals surface area contributed by atoms with Crippen LogP contribution in [-0.2, 0) is 0 Å². The second-order valence-corrected chi connectivity index (χ2v) is 8.41. The summed E-state index contributed by atoms with van der Waals surface area (Å²) in [5, 5.41) is 17.4. The number of benzene rings is 4. The molecule has 0 spiro atoms. The summed E-state index contributed by atoms with van der Waals surface area (Å²) in [6.45, 7) is 3.86. The van der Waals surface area contributed by atoms with Gasteiger partial charge in [-0.3, -0.25) is 0 Å². The standard InChI is InChI=1S/C14H14ClN3O.C14H15N3O/c1-9-7-12(16)14(19-2)8-13(9)18-17-11-5-3-10(15)4-6-11;1-10-8-12(15)14(18-2)9-13(10)17-16-11-6-4-3-5-7-11/h3-8H,16H2,1-2H3;3-9H,15H2,1-2H3/b18-17+;17-16+. The molecule has 0 saturated heterocycles. The zero-order chi connectivity index (χ0) is 26.8. The number of azo groups is 2. The van der Waals surface area contributed by atoms with Gasteiger partial charge in [-0.2, -0.15) is 20.5 Å². The molecule has 190 valence electrons. The van der Waals surface area contributed by atoms with E-state index in [9.17, 15) is 0 Å². The van der Waals surface area contributed by atoms with E-state index in [1.165, 1.54) is 0 Å². The molecule has 0 aromatic heterocycles. The minimum Gasteiger partial charge on any atom is -0.495 e. The summed E-state index contributed by atoms with van der Waals surface area (Å²) >= 11 is 5.81. The van der Waals surface area contributed by atoms with E-state index in [1.54, 1.807) is 50.6 Å². The number of aryl methyl sites for hydroxylation is 2. The Bertz CT molecular complexity index is 1390. The van der Waals surface area contributed by atoms with Crippen LogP contribution >= 0.6 is 11.6 Å². The lowest BCUT2D eigenvalue weighted by atomic mass is 10.1. The minimum absolute atomic E-state index is 0.588. The zero-order valence-corrected chi connectivity index (χ0v) is 21.9. The number of anilines is 2. The van der Waals surface area contributed by atoms with Crippen LogP contribution in [0.1, 0.15) is 11.1 Å². The van der Waals surface area contributed by atoms with Gasteiger partial charge in [-0.25, -0.2) is 0 Å². The van der Waals surface area contributed by atoms with Crippen molar-refractivity contribution in [2.75, 3.05) is 25.7 Å². The fraction of sp³-hybridized carbons (Fsp3) is 0.143. The summed E-state index contributed by atoms with van der Waals surface area (Å²) < 4.78 is 10.3. The lowest BCUT2D eigenvalue weighted by molar-refractivity contribution is 0.417. The Hall–Kier alpha value is -4.43. The number of nitrogen functional groups attached to an aromatic ring is 2. The Morgan fingerprint density at radius 2 is 1.03 bits per heavy atom. The summed E-state index contributed by atoms with van der Waals surface area (Å²) in [6.07, 6.45) is 0. The van der Waals surface area contributed by atoms with Crippen LogP contribution in [0.15, 0.2) is 99.3 Å². The Morgan fingerprint density at radius 1 is 0.595 bits per heavy atom. The number of ether oxygens (including phenoxy) is 2. The minimum atomic E-state index is 0.588. The molecule has 0 saturated carbocycles. The quantitative estimate of drug-likeness (QED) is 0.196. The summed E-state index contributed by atoms with van der Waals surface area (Å²) in [7, 11) is 3.15. The molecular formula is C28H29ClN6O2. The molecule has 9 heteroatoms. The summed E-state index contributed by atoms with van der Waals surface area (Å²) in [5.41, 5.74) is 17.7. The lowest BCUT2D eigenvalue weighted by Crippen LogP contribution is -1.92. The molecule has 0 unspecified atom stereocenters. The van der Waals surface area contributed by atoms with Crippen molar-refractivity contribution >= 4 is 45.7 Å². The van der Waals surface area contributed by atoms with Crippen molar-refractivity contribution in [1.29, 1.82) is 0 Å². The van der Waals surface area contributed by atoms with Crippen molar-refractivity contribution in [3.8, 4) is 11.5 Å². The van der Waals surface area contributed by atoms with Crippen molar-refractivity contribution in [3.63, 3.8) is 0 Å². The van der Waals surface area contributed by atoms with Gasteiger partial charge >= 0.3 is 0 Å². The Morgan fingerprint density at radius 3 is 1.46 bits per heavy atom. The van der Waals surface area contributed by atoms with Crippen molar-refractivity contribution in [3.05, 3.63) is 95.0 Å². The number of halogens is 1. The number of methoxy groups -OCH3 is 2. The monoisotopic (exact) mass is 516 g/mol. The average molecular weight is 517 g/mol. The molecule has 0 bridgehead atoms. The predicted molar refractivity (Wildman–Crippen MR) is 151 cm³/mol. The van der Waals surface area contributed by atoms with Crippen LogP contribution in [0.3, 0.4) is 0 Å².